The molecule has 0 aliphatic carbocycles. The molecular formula is C21H22N2O2. The molecule has 1 aromatic heterocycles. The molecule has 0 atom stereocenters. The SMILES string of the molecule is C=CCc1ccccc1OCCc1ccc2[nH]cc(NC(C)=O)c2c1. The second-order valence-electron chi connectivity index (χ2n) is 5.96. The molecule has 0 fully saturated rings. The molecule has 3 rings (SSSR count). The molecule has 0 spiro atoms. The van der Waals surface area contributed by atoms with Gasteiger partial charge in [0.15, 0.2) is 0 Å². The van der Waals surface area contributed by atoms with Gasteiger partial charge < -0.3 is 15.0 Å². The molecule has 0 saturated heterocycles. The smallest absolute Gasteiger partial charge is 0.221 e. The third-order valence-electron chi connectivity index (χ3n) is 4.04. The highest BCUT2D eigenvalue weighted by atomic mass is 16.5. The standard InChI is InChI=1S/C21H22N2O2/c1-3-6-17-7-4-5-8-21(17)25-12-11-16-9-10-19-18(13-16)20(14-22-19)23-15(2)24/h3-5,7-10,13-14,22H,1,6,11-12H2,2H3,(H,23,24). The van der Waals surface area contributed by atoms with E-state index in [1.165, 1.54) is 12.5 Å². The fourth-order valence-corrected chi connectivity index (χ4v) is 2.86. The van der Waals surface area contributed by atoms with Crippen molar-refractivity contribution >= 4 is 22.5 Å². The first-order chi connectivity index (χ1) is 12.2. The van der Waals surface area contributed by atoms with Crippen LogP contribution in [0.1, 0.15) is 18.1 Å². The van der Waals surface area contributed by atoms with Crippen molar-refractivity contribution in [2.24, 2.45) is 0 Å². The van der Waals surface area contributed by atoms with Gasteiger partial charge in [0.25, 0.3) is 0 Å². The van der Waals surface area contributed by atoms with Gasteiger partial charge in [-0.15, -0.1) is 6.58 Å². The van der Waals surface area contributed by atoms with E-state index in [1.54, 1.807) is 0 Å². The summed E-state index contributed by atoms with van der Waals surface area (Å²) in [7, 11) is 0. The average Bonchev–Trinajstić information content (AvgIpc) is 2.98. The number of amides is 1. The number of hydrogen-bond acceptors (Lipinski definition) is 2. The molecule has 0 aliphatic heterocycles. The zero-order chi connectivity index (χ0) is 17.6. The van der Waals surface area contributed by atoms with Crippen LogP contribution in [0.5, 0.6) is 5.75 Å². The van der Waals surface area contributed by atoms with Gasteiger partial charge in [-0.3, -0.25) is 4.79 Å². The summed E-state index contributed by atoms with van der Waals surface area (Å²) in [4.78, 5) is 14.5. The third-order valence-corrected chi connectivity index (χ3v) is 4.04. The Bertz CT molecular complexity index is 896. The lowest BCUT2D eigenvalue weighted by molar-refractivity contribution is -0.114. The maximum absolute atomic E-state index is 11.3. The molecule has 1 heterocycles. The molecule has 128 valence electrons. The zero-order valence-electron chi connectivity index (χ0n) is 14.3. The minimum atomic E-state index is -0.0755. The average molecular weight is 334 g/mol. The first kappa shape index (κ1) is 16.8. The van der Waals surface area contributed by atoms with E-state index in [-0.39, 0.29) is 5.91 Å². The molecule has 0 radical (unpaired) electrons. The third kappa shape index (κ3) is 4.10. The first-order valence-corrected chi connectivity index (χ1v) is 8.36. The Hall–Kier alpha value is -3.01. The first-order valence-electron chi connectivity index (χ1n) is 8.36. The number of carbonyl (C=O) groups excluding carboxylic acids is 1. The van der Waals surface area contributed by atoms with Crippen molar-refractivity contribution in [2.45, 2.75) is 19.8 Å². The van der Waals surface area contributed by atoms with E-state index in [9.17, 15) is 4.79 Å². The van der Waals surface area contributed by atoms with Gasteiger partial charge in [-0.1, -0.05) is 30.3 Å². The number of fused-ring (bicyclic) bond motifs is 1. The summed E-state index contributed by atoms with van der Waals surface area (Å²) in [5.41, 5.74) is 4.12. The Labute approximate surface area is 147 Å². The molecule has 0 saturated carbocycles. The number of anilines is 1. The lowest BCUT2D eigenvalue weighted by Gasteiger charge is -2.10. The van der Waals surface area contributed by atoms with Crippen LogP contribution in [0.15, 0.2) is 61.3 Å². The van der Waals surface area contributed by atoms with Gasteiger partial charge in [-0.2, -0.15) is 0 Å². The Morgan fingerprint density at radius 3 is 2.92 bits per heavy atom. The molecular weight excluding hydrogens is 312 g/mol. The summed E-state index contributed by atoms with van der Waals surface area (Å²) in [6.07, 6.45) is 5.29. The minimum absolute atomic E-state index is 0.0755. The maximum Gasteiger partial charge on any atom is 0.221 e. The Balaban J connectivity index is 1.69. The number of hydrogen-bond donors (Lipinski definition) is 2. The van der Waals surface area contributed by atoms with Gasteiger partial charge in [0.1, 0.15) is 5.75 Å². The maximum atomic E-state index is 11.3. The Morgan fingerprint density at radius 1 is 1.28 bits per heavy atom. The molecule has 0 unspecified atom stereocenters. The molecule has 0 bridgehead atoms. The topological polar surface area (TPSA) is 54.1 Å². The molecule has 1 amide bonds. The quantitative estimate of drug-likeness (QED) is 0.626. The minimum Gasteiger partial charge on any atom is -0.493 e. The second kappa shape index (κ2) is 7.71. The second-order valence-corrected chi connectivity index (χ2v) is 5.96. The predicted octanol–water partition coefficient (Wildman–Crippen LogP) is 4.48. The van der Waals surface area contributed by atoms with Crippen LogP contribution in [0.25, 0.3) is 10.9 Å². The summed E-state index contributed by atoms with van der Waals surface area (Å²) in [6.45, 7) is 5.90. The summed E-state index contributed by atoms with van der Waals surface area (Å²) >= 11 is 0. The Morgan fingerprint density at radius 2 is 2.12 bits per heavy atom. The van der Waals surface area contributed by atoms with Crippen LogP contribution in [0.3, 0.4) is 0 Å². The van der Waals surface area contributed by atoms with Crippen LogP contribution in [0.2, 0.25) is 0 Å². The molecule has 3 aromatic rings. The number of ether oxygens (including phenoxy) is 1. The molecule has 25 heavy (non-hydrogen) atoms. The molecule has 0 aliphatic rings. The van der Waals surface area contributed by atoms with Gasteiger partial charge >= 0.3 is 0 Å². The lowest BCUT2D eigenvalue weighted by atomic mass is 10.1. The van der Waals surface area contributed by atoms with E-state index in [2.05, 4.69) is 35.1 Å². The number of H-pyrrole nitrogens is 1. The largest absolute Gasteiger partial charge is 0.493 e. The van der Waals surface area contributed by atoms with Crippen molar-refractivity contribution in [2.75, 3.05) is 11.9 Å². The van der Waals surface area contributed by atoms with Gasteiger partial charge in [0.2, 0.25) is 5.91 Å². The predicted molar refractivity (Wildman–Crippen MR) is 102 cm³/mol. The van der Waals surface area contributed by atoms with Crippen LogP contribution in [0.4, 0.5) is 5.69 Å². The number of benzene rings is 2. The van der Waals surface area contributed by atoms with Gasteiger partial charge in [-0.05, 0) is 35.7 Å². The Kier molecular flexibility index (Phi) is 5.19. The van der Waals surface area contributed by atoms with Crippen LogP contribution < -0.4 is 10.1 Å². The number of nitrogens with one attached hydrogen (secondary N) is 2. The fourth-order valence-electron chi connectivity index (χ4n) is 2.86. The van der Waals surface area contributed by atoms with Crippen molar-refractivity contribution in [3.63, 3.8) is 0 Å². The highest BCUT2D eigenvalue weighted by Gasteiger charge is 2.07. The number of allylic oxidation sites excluding steroid dienone is 1. The van der Waals surface area contributed by atoms with E-state index in [0.717, 1.165) is 40.7 Å². The number of carbonyl (C=O) groups is 1. The highest BCUT2D eigenvalue weighted by molar-refractivity contribution is 6.01. The number of aromatic amines is 1. The highest BCUT2D eigenvalue weighted by Crippen LogP contribution is 2.25. The van der Waals surface area contributed by atoms with E-state index in [0.29, 0.717) is 6.61 Å². The summed E-state index contributed by atoms with van der Waals surface area (Å²) in [6, 6.07) is 14.2. The van der Waals surface area contributed by atoms with Crippen molar-refractivity contribution in [1.82, 2.24) is 4.98 Å². The van der Waals surface area contributed by atoms with Crippen molar-refractivity contribution in [1.29, 1.82) is 0 Å². The van der Waals surface area contributed by atoms with Crippen LogP contribution in [-0.4, -0.2) is 17.5 Å². The zero-order valence-corrected chi connectivity index (χ0v) is 14.3. The summed E-state index contributed by atoms with van der Waals surface area (Å²) in [5, 5.41) is 3.86. The normalized spacial score (nSPS) is 10.6. The molecule has 4 nitrogen and oxygen atoms in total. The number of rotatable bonds is 7. The van der Waals surface area contributed by atoms with E-state index >= 15 is 0 Å². The lowest BCUT2D eigenvalue weighted by Crippen LogP contribution is -2.05. The molecule has 4 heteroatoms. The number of para-hydroxylation sites is 1. The van der Waals surface area contributed by atoms with Gasteiger partial charge in [0.05, 0.1) is 12.3 Å². The summed E-state index contributed by atoms with van der Waals surface area (Å²) < 4.78 is 5.96. The van der Waals surface area contributed by atoms with Crippen molar-refractivity contribution in [3.8, 4) is 5.75 Å². The van der Waals surface area contributed by atoms with E-state index < -0.39 is 0 Å². The number of aromatic nitrogens is 1. The van der Waals surface area contributed by atoms with Gasteiger partial charge in [-0.25, -0.2) is 0 Å². The van der Waals surface area contributed by atoms with E-state index in [4.69, 9.17) is 4.74 Å². The van der Waals surface area contributed by atoms with Crippen LogP contribution >= 0.6 is 0 Å². The van der Waals surface area contributed by atoms with E-state index in [1.807, 2.05) is 36.5 Å². The summed E-state index contributed by atoms with van der Waals surface area (Å²) in [5.74, 6) is 0.831. The van der Waals surface area contributed by atoms with Crippen molar-refractivity contribution in [3.05, 3.63) is 72.4 Å². The monoisotopic (exact) mass is 334 g/mol. The molecule has 2 aromatic carbocycles. The van der Waals surface area contributed by atoms with Crippen LogP contribution in [-0.2, 0) is 17.6 Å². The van der Waals surface area contributed by atoms with Crippen molar-refractivity contribution < 1.29 is 9.53 Å². The molecule has 2 N–H and O–H groups in total. The van der Waals surface area contributed by atoms with Crippen LogP contribution in [0, 0.1) is 0 Å². The van der Waals surface area contributed by atoms with Gasteiger partial charge in [0, 0.05) is 30.4 Å². The fraction of sp³-hybridized carbons (Fsp3) is 0.190.